The lowest BCUT2D eigenvalue weighted by Gasteiger charge is -2.19. The van der Waals surface area contributed by atoms with Crippen LogP contribution in [-0.4, -0.2) is 41.0 Å². The van der Waals surface area contributed by atoms with Gasteiger partial charge >= 0.3 is 6.18 Å². The van der Waals surface area contributed by atoms with Gasteiger partial charge in [0.25, 0.3) is 5.91 Å². The highest BCUT2D eigenvalue weighted by Crippen LogP contribution is 2.32. The molecule has 1 N–H and O–H groups in total. The largest absolute Gasteiger partial charge is 0.435 e. The van der Waals surface area contributed by atoms with Gasteiger partial charge in [0.1, 0.15) is 5.82 Å². The maximum absolute atomic E-state index is 13.6. The summed E-state index contributed by atoms with van der Waals surface area (Å²) in [6.07, 6.45) is -4.40. The van der Waals surface area contributed by atoms with Crippen molar-refractivity contribution in [3.05, 3.63) is 71.8 Å². The summed E-state index contributed by atoms with van der Waals surface area (Å²) in [4.78, 5) is 14.3. The van der Waals surface area contributed by atoms with E-state index in [0.29, 0.717) is 17.6 Å². The van der Waals surface area contributed by atoms with Crippen LogP contribution in [-0.2, 0) is 6.18 Å². The van der Waals surface area contributed by atoms with E-state index in [-0.39, 0.29) is 12.2 Å². The Kier molecular flexibility index (Phi) is 6.34. The van der Waals surface area contributed by atoms with Crippen molar-refractivity contribution in [3.63, 3.8) is 0 Å². The number of carbonyl (C=O) groups excluding carboxylic acids is 1. The fraction of sp³-hybridized carbons (Fsp3) is 0.250. The standard InChI is InChI=1S/C20H19F4N5O/c1-28(15-8-3-2-4-9-15)12-6-11-25-19(30)17-18(20(22,23)24)29(27-26-17)16-10-5-7-14(21)13-16/h2-5,7-10,13H,6,11-12H2,1H3,(H,25,30). The molecule has 0 radical (unpaired) electrons. The van der Waals surface area contributed by atoms with Gasteiger partial charge in [0.15, 0.2) is 11.4 Å². The van der Waals surface area contributed by atoms with Crippen LogP contribution >= 0.6 is 0 Å². The van der Waals surface area contributed by atoms with E-state index in [1.54, 1.807) is 0 Å². The van der Waals surface area contributed by atoms with Gasteiger partial charge in [0, 0.05) is 25.8 Å². The molecule has 3 aromatic rings. The Morgan fingerprint density at radius 2 is 1.87 bits per heavy atom. The third-order valence-corrected chi connectivity index (χ3v) is 4.36. The highest BCUT2D eigenvalue weighted by Gasteiger charge is 2.42. The van der Waals surface area contributed by atoms with Gasteiger partial charge in [-0.25, -0.2) is 9.07 Å². The first kappa shape index (κ1) is 21.3. The summed E-state index contributed by atoms with van der Waals surface area (Å²) in [5, 5.41) is 9.26. The molecule has 0 fully saturated rings. The molecule has 10 heteroatoms. The Morgan fingerprint density at radius 1 is 1.13 bits per heavy atom. The molecule has 1 heterocycles. The van der Waals surface area contributed by atoms with Crippen molar-refractivity contribution < 1.29 is 22.4 Å². The van der Waals surface area contributed by atoms with Gasteiger partial charge in [-0.1, -0.05) is 29.5 Å². The second-order valence-electron chi connectivity index (χ2n) is 6.54. The Hall–Kier alpha value is -3.43. The van der Waals surface area contributed by atoms with Crippen LogP contribution in [0.15, 0.2) is 54.6 Å². The molecule has 3 rings (SSSR count). The van der Waals surface area contributed by atoms with Crippen LogP contribution in [0.5, 0.6) is 0 Å². The molecule has 0 saturated heterocycles. The summed E-state index contributed by atoms with van der Waals surface area (Å²) in [6, 6.07) is 14.0. The SMILES string of the molecule is CN(CCCNC(=O)c1nnn(-c2cccc(F)c2)c1C(F)(F)F)c1ccccc1. The molecule has 0 aliphatic carbocycles. The van der Waals surface area contributed by atoms with E-state index in [4.69, 9.17) is 0 Å². The number of hydrogen-bond acceptors (Lipinski definition) is 4. The van der Waals surface area contributed by atoms with Crippen molar-refractivity contribution in [2.75, 3.05) is 25.0 Å². The molecular formula is C20H19F4N5O. The molecule has 2 aromatic carbocycles. The molecule has 30 heavy (non-hydrogen) atoms. The zero-order chi connectivity index (χ0) is 21.7. The number of amides is 1. The van der Waals surface area contributed by atoms with Gasteiger partial charge in [-0.3, -0.25) is 4.79 Å². The van der Waals surface area contributed by atoms with E-state index >= 15 is 0 Å². The molecule has 6 nitrogen and oxygen atoms in total. The van der Waals surface area contributed by atoms with Crippen molar-refractivity contribution >= 4 is 11.6 Å². The van der Waals surface area contributed by atoms with E-state index in [9.17, 15) is 22.4 Å². The van der Waals surface area contributed by atoms with Crippen molar-refractivity contribution in [3.8, 4) is 5.69 Å². The maximum Gasteiger partial charge on any atom is 0.435 e. The maximum atomic E-state index is 13.6. The molecule has 0 saturated carbocycles. The van der Waals surface area contributed by atoms with Crippen LogP contribution < -0.4 is 10.2 Å². The average molecular weight is 421 g/mol. The van der Waals surface area contributed by atoms with E-state index in [2.05, 4.69) is 15.6 Å². The van der Waals surface area contributed by atoms with E-state index < -0.39 is 29.3 Å². The molecule has 0 spiro atoms. The number of nitrogens with one attached hydrogen (secondary N) is 1. The van der Waals surface area contributed by atoms with Crippen molar-refractivity contribution in [1.82, 2.24) is 20.3 Å². The van der Waals surface area contributed by atoms with E-state index in [1.807, 2.05) is 42.3 Å². The Labute approximate surface area is 170 Å². The normalized spacial score (nSPS) is 11.4. The minimum atomic E-state index is -4.91. The van der Waals surface area contributed by atoms with Crippen LogP contribution in [0.1, 0.15) is 22.6 Å². The third-order valence-electron chi connectivity index (χ3n) is 4.36. The number of carbonyl (C=O) groups is 1. The molecule has 0 atom stereocenters. The lowest BCUT2D eigenvalue weighted by atomic mass is 10.2. The first-order valence-electron chi connectivity index (χ1n) is 9.10. The number of alkyl halides is 3. The van der Waals surface area contributed by atoms with Gasteiger partial charge in [0.2, 0.25) is 0 Å². The van der Waals surface area contributed by atoms with Gasteiger partial charge in [0.05, 0.1) is 5.69 Å². The highest BCUT2D eigenvalue weighted by atomic mass is 19.4. The summed E-state index contributed by atoms with van der Waals surface area (Å²) >= 11 is 0. The first-order chi connectivity index (χ1) is 14.3. The second kappa shape index (κ2) is 8.93. The Bertz CT molecular complexity index is 1000. The number of halogens is 4. The fourth-order valence-electron chi connectivity index (χ4n) is 2.89. The zero-order valence-corrected chi connectivity index (χ0v) is 16.0. The minimum absolute atomic E-state index is 0.153. The molecule has 1 aromatic heterocycles. The van der Waals surface area contributed by atoms with Crippen LogP contribution in [0.25, 0.3) is 5.69 Å². The predicted molar refractivity (Wildman–Crippen MR) is 103 cm³/mol. The molecule has 158 valence electrons. The number of nitrogens with zero attached hydrogens (tertiary/aromatic N) is 4. The van der Waals surface area contributed by atoms with Gasteiger partial charge in [-0.2, -0.15) is 13.2 Å². The van der Waals surface area contributed by atoms with Crippen LogP contribution in [0.2, 0.25) is 0 Å². The average Bonchev–Trinajstić information content (AvgIpc) is 3.17. The van der Waals surface area contributed by atoms with Crippen LogP contribution in [0.3, 0.4) is 0 Å². The highest BCUT2D eigenvalue weighted by molar-refractivity contribution is 5.93. The zero-order valence-electron chi connectivity index (χ0n) is 16.0. The molecule has 0 aliphatic heterocycles. The minimum Gasteiger partial charge on any atom is -0.375 e. The number of hydrogen-bond donors (Lipinski definition) is 1. The number of benzene rings is 2. The molecule has 0 bridgehead atoms. The van der Waals surface area contributed by atoms with E-state index in [1.165, 1.54) is 12.1 Å². The van der Waals surface area contributed by atoms with Crippen LogP contribution in [0.4, 0.5) is 23.2 Å². The lowest BCUT2D eigenvalue weighted by molar-refractivity contribution is -0.143. The third kappa shape index (κ3) is 4.94. The lowest BCUT2D eigenvalue weighted by Crippen LogP contribution is -2.30. The number of para-hydroxylation sites is 1. The summed E-state index contributed by atoms with van der Waals surface area (Å²) in [6.45, 7) is 0.743. The quantitative estimate of drug-likeness (QED) is 0.467. The van der Waals surface area contributed by atoms with Gasteiger partial charge in [-0.15, -0.1) is 5.10 Å². The Balaban J connectivity index is 1.68. The van der Waals surface area contributed by atoms with Crippen molar-refractivity contribution in [2.24, 2.45) is 0 Å². The number of rotatable bonds is 7. The van der Waals surface area contributed by atoms with Gasteiger partial charge in [-0.05, 0) is 36.8 Å². The van der Waals surface area contributed by atoms with Gasteiger partial charge < -0.3 is 10.2 Å². The second-order valence-corrected chi connectivity index (χ2v) is 6.54. The van der Waals surface area contributed by atoms with E-state index in [0.717, 1.165) is 17.8 Å². The summed E-state index contributed by atoms with van der Waals surface area (Å²) < 4.78 is 54.6. The monoisotopic (exact) mass is 421 g/mol. The predicted octanol–water partition coefficient (Wildman–Crippen LogP) is 3.68. The fourth-order valence-corrected chi connectivity index (χ4v) is 2.89. The molecule has 0 aliphatic rings. The summed E-state index contributed by atoms with van der Waals surface area (Å²) in [5.41, 5.74) is -1.41. The molecule has 0 unspecified atom stereocenters. The molecular weight excluding hydrogens is 402 g/mol. The Morgan fingerprint density at radius 3 is 2.53 bits per heavy atom. The smallest absolute Gasteiger partial charge is 0.375 e. The summed E-state index contributed by atoms with van der Waals surface area (Å²) in [5.74, 6) is -1.72. The number of anilines is 1. The first-order valence-corrected chi connectivity index (χ1v) is 9.10. The van der Waals surface area contributed by atoms with Crippen LogP contribution in [0, 0.1) is 5.82 Å². The molecule has 1 amide bonds. The number of aromatic nitrogens is 3. The van der Waals surface area contributed by atoms with Crippen molar-refractivity contribution in [2.45, 2.75) is 12.6 Å². The van der Waals surface area contributed by atoms with Crippen molar-refractivity contribution in [1.29, 1.82) is 0 Å². The topological polar surface area (TPSA) is 63.1 Å². The summed E-state index contributed by atoms with van der Waals surface area (Å²) in [7, 11) is 1.88.